The fraction of sp³-hybridized carbons (Fsp3) is 0.357. The zero-order chi connectivity index (χ0) is 22.9. The second-order valence-electron chi connectivity index (χ2n) is 8.95. The predicted octanol–water partition coefficient (Wildman–Crippen LogP) is 5.41. The van der Waals surface area contributed by atoms with Gasteiger partial charge in [0.25, 0.3) is 0 Å². The van der Waals surface area contributed by atoms with Crippen molar-refractivity contribution in [3.63, 3.8) is 0 Å². The number of rotatable bonds is 8. The average molecular weight is 444 g/mol. The number of likely N-dealkylation sites (tertiary alicyclic amines) is 1. The summed E-state index contributed by atoms with van der Waals surface area (Å²) >= 11 is 0. The molecule has 0 spiro atoms. The van der Waals surface area contributed by atoms with E-state index in [-0.39, 0.29) is 6.09 Å². The van der Waals surface area contributed by atoms with Crippen LogP contribution >= 0.6 is 0 Å². The summed E-state index contributed by atoms with van der Waals surface area (Å²) in [6.07, 6.45) is 5.58. The van der Waals surface area contributed by atoms with Crippen LogP contribution in [0.25, 0.3) is 0 Å². The Balaban J connectivity index is 1.17. The molecule has 0 atom stereocenters. The zero-order valence-corrected chi connectivity index (χ0v) is 19.4. The monoisotopic (exact) mass is 443 g/mol. The average Bonchev–Trinajstić information content (AvgIpc) is 2.85. The Kier molecular flexibility index (Phi) is 8.09. The highest BCUT2D eigenvalue weighted by Gasteiger charge is 2.24. The quantitative estimate of drug-likeness (QED) is 0.467. The molecule has 2 aromatic carbocycles. The van der Waals surface area contributed by atoms with E-state index in [9.17, 15) is 4.79 Å². The molecule has 1 aliphatic heterocycles. The standard InChI is InChI=1S/C28H33N3O2/c1-30(22-25-7-3-2-4-8-25)18-14-23-15-19-31(20-16-23)28(32)33-27-12-10-24(11-13-27)21-26-9-5-6-17-29-26/h2-13,17,23H,14-16,18-22H2,1H3. The molecule has 0 unspecified atom stereocenters. The van der Waals surface area contributed by atoms with Crippen LogP contribution in [0.3, 0.4) is 0 Å². The summed E-state index contributed by atoms with van der Waals surface area (Å²) in [5.41, 5.74) is 3.52. The molecule has 4 rings (SSSR count). The molecule has 0 bridgehead atoms. The first kappa shape index (κ1) is 23.0. The maximum absolute atomic E-state index is 12.6. The Labute approximate surface area is 197 Å². The molecule has 1 saturated heterocycles. The number of pyridine rings is 1. The summed E-state index contributed by atoms with van der Waals surface area (Å²) in [7, 11) is 2.18. The first-order valence-electron chi connectivity index (χ1n) is 11.8. The van der Waals surface area contributed by atoms with Gasteiger partial charge in [-0.1, -0.05) is 48.5 Å². The fourth-order valence-corrected chi connectivity index (χ4v) is 4.33. The van der Waals surface area contributed by atoms with E-state index in [0.29, 0.717) is 11.7 Å². The molecule has 3 aromatic rings. The number of hydrogen-bond donors (Lipinski definition) is 0. The van der Waals surface area contributed by atoms with Gasteiger partial charge in [0.05, 0.1) is 0 Å². The van der Waals surface area contributed by atoms with Gasteiger partial charge in [-0.15, -0.1) is 0 Å². The molecule has 0 saturated carbocycles. The summed E-state index contributed by atoms with van der Waals surface area (Å²) in [5.74, 6) is 1.26. The molecule has 1 aromatic heterocycles. The summed E-state index contributed by atoms with van der Waals surface area (Å²) in [4.78, 5) is 21.2. The molecule has 33 heavy (non-hydrogen) atoms. The summed E-state index contributed by atoms with van der Waals surface area (Å²) in [6, 6.07) is 24.2. The van der Waals surface area contributed by atoms with Crippen LogP contribution in [-0.2, 0) is 13.0 Å². The number of ether oxygens (including phenoxy) is 1. The van der Waals surface area contributed by atoms with E-state index >= 15 is 0 Å². The van der Waals surface area contributed by atoms with Gasteiger partial charge in [-0.3, -0.25) is 4.98 Å². The van der Waals surface area contributed by atoms with E-state index in [4.69, 9.17) is 4.74 Å². The van der Waals surface area contributed by atoms with Crippen molar-refractivity contribution in [1.29, 1.82) is 0 Å². The van der Waals surface area contributed by atoms with E-state index < -0.39 is 0 Å². The smallest absolute Gasteiger partial charge is 0.410 e. The minimum atomic E-state index is -0.243. The van der Waals surface area contributed by atoms with Crippen molar-refractivity contribution in [3.05, 3.63) is 95.8 Å². The van der Waals surface area contributed by atoms with Crippen molar-refractivity contribution in [2.24, 2.45) is 5.92 Å². The SMILES string of the molecule is CN(CCC1CCN(C(=O)Oc2ccc(Cc3ccccn3)cc2)CC1)Cc1ccccc1. The lowest BCUT2D eigenvalue weighted by atomic mass is 9.93. The van der Waals surface area contributed by atoms with E-state index in [1.807, 2.05) is 47.4 Å². The molecular formula is C28H33N3O2. The van der Waals surface area contributed by atoms with Crippen molar-refractivity contribution >= 4 is 6.09 Å². The highest BCUT2D eigenvalue weighted by Crippen LogP contribution is 2.23. The van der Waals surface area contributed by atoms with Crippen molar-refractivity contribution in [2.75, 3.05) is 26.7 Å². The number of carbonyl (C=O) groups excluding carboxylic acids is 1. The summed E-state index contributed by atoms with van der Waals surface area (Å²) in [6.45, 7) is 3.59. The Morgan fingerprint density at radius 2 is 1.70 bits per heavy atom. The molecule has 0 N–H and O–H groups in total. The van der Waals surface area contributed by atoms with Crippen LogP contribution in [-0.4, -0.2) is 47.6 Å². The number of nitrogens with zero attached hydrogens (tertiary/aromatic N) is 3. The van der Waals surface area contributed by atoms with Crippen LogP contribution in [0.4, 0.5) is 4.79 Å². The third-order valence-corrected chi connectivity index (χ3v) is 6.33. The summed E-state index contributed by atoms with van der Waals surface area (Å²) in [5, 5.41) is 0. The number of amides is 1. The highest BCUT2D eigenvalue weighted by atomic mass is 16.6. The molecule has 1 fully saturated rings. The third kappa shape index (κ3) is 7.16. The molecule has 5 heteroatoms. The Bertz CT molecular complexity index is 985. The minimum absolute atomic E-state index is 0.243. The Morgan fingerprint density at radius 3 is 2.39 bits per heavy atom. The van der Waals surface area contributed by atoms with Gasteiger partial charge in [0, 0.05) is 37.9 Å². The van der Waals surface area contributed by atoms with Crippen LogP contribution in [0.15, 0.2) is 79.0 Å². The van der Waals surface area contributed by atoms with E-state index in [0.717, 1.165) is 56.7 Å². The normalized spacial score (nSPS) is 14.4. The molecular weight excluding hydrogens is 410 g/mol. The molecule has 172 valence electrons. The third-order valence-electron chi connectivity index (χ3n) is 6.33. The van der Waals surface area contributed by atoms with Crippen LogP contribution < -0.4 is 4.74 Å². The van der Waals surface area contributed by atoms with Gasteiger partial charge >= 0.3 is 6.09 Å². The summed E-state index contributed by atoms with van der Waals surface area (Å²) < 4.78 is 5.62. The van der Waals surface area contributed by atoms with E-state index in [2.05, 4.69) is 47.3 Å². The number of piperidine rings is 1. The molecule has 2 heterocycles. The van der Waals surface area contributed by atoms with Crippen molar-refractivity contribution < 1.29 is 9.53 Å². The van der Waals surface area contributed by atoms with Crippen LogP contribution in [0.2, 0.25) is 0 Å². The Morgan fingerprint density at radius 1 is 0.970 bits per heavy atom. The second-order valence-corrected chi connectivity index (χ2v) is 8.95. The van der Waals surface area contributed by atoms with E-state index in [1.165, 1.54) is 12.0 Å². The van der Waals surface area contributed by atoms with Crippen LogP contribution in [0.1, 0.15) is 36.1 Å². The highest BCUT2D eigenvalue weighted by molar-refractivity contribution is 5.70. The minimum Gasteiger partial charge on any atom is -0.410 e. The predicted molar refractivity (Wildman–Crippen MR) is 131 cm³/mol. The van der Waals surface area contributed by atoms with Crippen molar-refractivity contribution in [2.45, 2.75) is 32.2 Å². The van der Waals surface area contributed by atoms with Gasteiger partial charge in [-0.2, -0.15) is 0 Å². The number of carbonyl (C=O) groups is 1. The lowest BCUT2D eigenvalue weighted by molar-refractivity contribution is 0.126. The largest absolute Gasteiger partial charge is 0.415 e. The van der Waals surface area contributed by atoms with Crippen molar-refractivity contribution in [3.8, 4) is 5.75 Å². The van der Waals surface area contributed by atoms with Gasteiger partial charge in [0.15, 0.2) is 0 Å². The van der Waals surface area contributed by atoms with Gasteiger partial charge in [-0.05, 0) is 74.2 Å². The number of benzene rings is 2. The molecule has 1 amide bonds. The van der Waals surface area contributed by atoms with Crippen LogP contribution in [0.5, 0.6) is 5.75 Å². The number of hydrogen-bond acceptors (Lipinski definition) is 4. The first-order valence-corrected chi connectivity index (χ1v) is 11.8. The maximum Gasteiger partial charge on any atom is 0.415 e. The fourth-order valence-electron chi connectivity index (χ4n) is 4.33. The van der Waals surface area contributed by atoms with Gasteiger partial charge in [-0.25, -0.2) is 4.79 Å². The Hall–Kier alpha value is -3.18. The van der Waals surface area contributed by atoms with Gasteiger partial charge in [0.1, 0.15) is 5.75 Å². The molecule has 0 aliphatic carbocycles. The van der Waals surface area contributed by atoms with Crippen LogP contribution in [0, 0.1) is 5.92 Å². The lowest BCUT2D eigenvalue weighted by Crippen LogP contribution is -2.40. The maximum atomic E-state index is 12.6. The zero-order valence-electron chi connectivity index (χ0n) is 19.4. The second kappa shape index (κ2) is 11.6. The van der Waals surface area contributed by atoms with Gasteiger partial charge in [0.2, 0.25) is 0 Å². The molecule has 5 nitrogen and oxygen atoms in total. The molecule has 1 aliphatic rings. The topological polar surface area (TPSA) is 45.7 Å². The molecule has 0 radical (unpaired) electrons. The van der Waals surface area contributed by atoms with E-state index in [1.54, 1.807) is 6.20 Å². The number of aromatic nitrogens is 1. The van der Waals surface area contributed by atoms with Crippen molar-refractivity contribution in [1.82, 2.24) is 14.8 Å². The lowest BCUT2D eigenvalue weighted by Gasteiger charge is -2.32. The van der Waals surface area contributed by atoms with Gasteiger partial charge < -0.3 is 14.5 Å². The first-order chi connectivity index (χ1) is 16.2.